The number of fused-ring (bicyclic) bond motifs is 2. The molecule has 1 saturated heterocycles. The maximum Gasteiger partial charge on any atom is 0.161 e. The Balaban J connectivity index is 1.54. The van der Waals surface area contributed by atoms with E-state index in [0.717, 1.165) is 23.1 Å². The van der Waals surface area contributed by atoms with Crippen molar-refractivity contribution in [2.24, 2.45) is 0 Å². The number of aliphatic hydroxyl groups excluding tert-OH is 4. The summed E-state index contributed by atoms with van der Waals surface area (Å²) in [6.45, 7) is 1.01. The number of hydrogen-bond donors (Lipinski definition) is 4. The summed E-state index contributed by atoms with van der Waals surface area (Å²) >= 11 is 6.81. The molecule has 5 atom stereocenters. The minimum atomic E-state index is -1.47. The fourth-order valence-corrected chi connectivity index (χ4v) is 5.02. The first kappa shape index (κ1) is 22.7. The predicted molar refractivity (Wildman–Crippen MR) is 118 cm³/mol. The summed E-state index contributed by atoms with van der Waals surface area (Å²) in [6, 6.07) is 7.56. The van der Waals surface area contributed by atoms with Crippen molar-refractivity contribution in [2.75, 3.05) is 26.4 Å². The SMILES string of the molecule is OC[C@H]1O[C@@H](c2cc(Cc3ccc4c(c3)OCCO4)c(Cl)c3c2OCCC3)[C@H](O)[C@@H](O)[C@@H]1O. The molecule has 0 amide bonds. The van der Waals surface area contributed by atoms with Gasteiger partial charge in [-0.3, -0.25) is 0 Å². The van der Waals surface area contributed by atoms with Crippen molar-refractivity contribution in [3.05, 3.63) is 51.5 Å². The highest BCUT2D eigenvalue weighted by molar-refractivity contribution is 6.32. The lowest BCUT2D eigenvalue weighted by Crippen LogP contribution is -2.55. The van der Waals surface area contributed by atoms with Crippen LogP contribution in [0.25, 0.3) is 0 Å². The molecule has 3 aliphatic rings. The molecule has 33 heavy (non-hydrogen) atoms. The Hall–Kier alpha value is -2.07. The number of aliphatic hydroxyl groups is 4. The lowest BCUT2D eigenvalue weighted by Gasteiger charge is -2.41. The molecule has 9 heteroatoms. The van der Waals surface area contributed by atoms with E-state index in [1.807, 2.05) is 24.3 Å². The van der Waals surface area contributed by atoms with E-state index in [0.29, 0.717) is 60.5 Å². The molecule has 3 aliphatic heterocycles. The van der Waals surface area contributed by atoms with Crippen LogP contribution in [0.2, 0.25) is 5.02 Å². The van der Waals surface area contributed by atoms with E-state index in [2.05, 4.69) is 0 Å². The minimum absolute atomic E-state index is 0.493. The first-order valence-corrected chi connectivity index (χ1v) is 11.5. The summed E-state index contributed by atoms with van der Waals surface area (Å²) in [5, 5.41) is 41.4. The lowest BCUT2D eigenvalue weighted by molar-refractivity contribution is -0.232. The van der Waals surface area contributed by atoms with Gasteiger partial charge < -0.3 is 39.4 Å². The molecule has 0 saturated carbocycles. The van der Waals surface area contributed by atoms with Crippen LogP contribution in [0, 0.1) is 0 Å². The molecular formula is C24H27ClO8. The van der Waals surface area contributed by atoms with Crippen molar-refractivity contribution in [1.29, 1.82) is 0 Å². The van der Waals surface area contributed by atoms with Crippen LogP contribution < -0.4 is 14.2 Å². The second kappa shape index (κ2) is 9.29. The van der Waals surface area contributed by atoms with Crippen LogP contribution in [0.5, 0.6) is 17.2 Å². The summed E-state index contributed by atoms with van der Waals surface area (Å²) in [4.78, 5) is 0. The van der Waals surface area contributed by atoms with Gasteiger partial charge in [0.05, 0.1) is 18.2 Å². The van der Waals surface area contributed by atoms with Crippen LogP contribution in [0.4, 0.5) is 0 Å². The highest BCUT2D eigenvalue weighted by Crippen LogP contribution is 2.45. The zero-order valence-corrected chi connectivity index (χ0v) is 18.7. The van der Waals surface area contributed by atoms with Crippen molar-refractivity contribution in [3.8, 4) is 17.2 Å². The first-order valence-electron chi connectivity index (χ1n) is 11.1. The zero-order valence-electron chi connectivity index (χ0n) is 17.9. The van der Waals surface area contributed by atoms with Crippen molar-refractivity contribution >= 4 is 11.6 Å². The van der Waals surface area contributed by atoms with E-state index in [9.17, 15) is 20.4 Å². The smallest absolute Gasteiger partial charge is 0.161 e. The summed E-state index contributed by atoms with van der Waals surface area (Å²) in [5.41, 5.74) is 3.14. The lowest BCUT2D eigenvalue weighted by atomic mass is 9.87. The van der Waals surface area contributed by atoms with Gasteiger partial charge in [-0.1, -0.05) is 17.7 Å². The molecule has 3 heterocycles. The second-order valence-electron chi connectivity index (χ2n) is 8.60. The van der Waals surface area contributed by atoms with Gasteiger partial charge in [-0.25, -0.2) is 0 Å². The highest BCUT2D eigenvalue weighted by Gasteiger charge is 2.45. The second-order valence-corrected chi connectivity index (χ2v) is 8.98. The average molecular weight is 479 g/mol. The molecular weight excluding hydrogens is 452 g/mol. The number of ether oxygens (including phenoxy) is 4. The Morgan fingerprint density at radius 3 is 2.48 bits per heavy atom. The van der Waals surface area contributed by atoms with Gasteiger partial charge in [0.2, 0.25) is 0 Å². The van der Waals surface area contributed by atoms with Crippen LogP contribution in [0.1, 0.15) is 34.8 Å². The Bertz CT molecular complexity index is 1030. The molecule has 0 aromatic heterocycles. The van der Waals surface area contributed by atoms with Gasteiger partial charge in [0.1, 0.15) is 49.5 Å². The number of hydrogen-bond acceptors (Lipinski definition) is 8. The van der Waals surface area contributed by atoms with Gasteiger partial charge in [0, 0.05) is 11.1 Å². The van der Waals surface area contributed by atoms with Crippen molar-refractivity contribution in [3.63, 3.8) is 0 Å². The van der Waals surface area contributed by atoms with E-state index in [1.54, 1.807) is 0 Å². The molecule has 0 bridgehead atoms. The maximum atomic E-state index is 10.7. The molecule has 2 aromatic rings. The predicted octanol–water partition coefficient (Wildman–Crippen LogP) is 1.54. The number of benzene rings is 2. The molecule has 0 radical (unpaired) electrons. The Morgan fingerprint density at radius 2 is 1.70 bits per heavy atom. The third-order valence-corrected chi connectivity index (χ3v) is 6.90. The molecule has 1 fully saturated rings. The third kappa shape index (κ3) is 4.16. The van der Waals surface area contributed by atoms with Crippen LogP contribution in [0.15, 0.2) is 24.3 Å². The van der Waals surface area contributed by atoms with E-state index < -0.39 is 37.1 Å². The Labute approximate surface area is 196 Å². The van der Waals surface area contributed by atoms with Gasteiger partial charge in [0.15, 0.2) is 11.5 Å². The van der Waals surface area contributed by atoms with Gasteiger partial charge in [-0.05, 0) is 48.6 Å². The molecule has 0 unspecified atom stereocenters. The molecule has 4 N–H and O–H groups in total. The molecule has 0 spiro atoms. The molecule has 178 valence electrons. The maximum absolute atomic E-state index is 10.7. The van der Waals surface area contributed by atoms with Gasteiger partial charge in [-0.2, -0.15) is 0 Å². The van der Waals surface area contributed by atoms with Crippen LogP contribution >= 0.6 is 11.6 Å². The molecule has 2 aromatic carbocycles. The third-order valence-electron chi connectivity index (χ3n) is 6.43. The average Bonchev–Trinajstić information content (AvgIpc) is 2.85. The van der Waals surface area contributed by atoms with Crippen molar-refractivity contribution in [2.45, 2.75) is 49.8 Å². The van der Waals surface area contributed by atoms with Crippen molar-refractivity contribution < 1.29 is 39.4 Å². The standard InChI is InChI=1S/C24H27ClO8/c25-19-13(8-12-3-4-16-17(9-12)31-7-6-30-16)10-15(23-14(19)2-1-5-32-23)24-22(29)21(28)20(27)18(11-26)33-24/h3-4,9-10,18,20-22,24,26-29H,1-2,5-8,11H2/t18-,20-,21+,22-,24+/m1/s1. The van der Waals surface area contributed by atoms with E-state index in [4.69, 9.17) is 30.5 Å². The molecule has 5 rings (SSSR count). The Kier molecular flexibility index (Phi) is 6.39. The van der Waals surface area contributed by atoms with Crippen LogP contribution in [0.3, 0.4) is 0 Å². The van der Waals surface area contributed by atoms with Gasteiger partial charge >= 0.3 is 0 Å². The monoisotopic (exact) mass is 478 g/mol. The quantitative estimate of drug-likeness (QED) is 0.523. The van der Waals surface area contributed by atoms with Crippen LogP contribution in [-0.2, 0) is 17.6 Å². The van der Waals surface area contributed by atoms with E-state index >= 15 is 0 Å². The minimum Gasteiger partial charge on any atom is -0.493 e. The summed E-state index contributed by atoms with van der Waals surface area (Å²) < 4.78 is 23.1. The van der Waals surface area contributed by atoms with Crippen molar-refractivity contribution in [1.82, 2.24) is 0 Å². The first-order chi connectivity index (χ1) is 16.0. The molecule has 8 nitrogen and oxygen atoms in total. The van der Waals surface area contributed by atoms with E-state index in [-0.39, 0.29) is 0 Å². The summed E-state index contributed by atoms with van der Waals surface area (Å²) in [7, 11) is 0. The highest BCUT2D eigenvalue weighted by atomic mass is 35.5. The van der Waals surface area contributed by atoms with E-state index in [1.165, 1.54) is 0 Å². The Morgan fingerprint density at radius 1 is 0.909 bits per heavy atom. The number of halogens is 1. The van der Waals surface area contributed by atoms with Gasteiger partial charge in [-0.15, -0.1) is 0 Å². The van der Waals surface area contributed by atoms with Crippen LogP contribution in [-0.4, -0.2) is 71.3 Å². The topological polar surface area (TPSA) is 118 Å². The number of rotatable bonds is 4. The summed E-state index contributed by atoms with van der Waals surface area (Å²) in [6.07, 6.45) is -4.32. The zero-order chi connectivity index (χ0) is 23.1. The normalized spacial score (nSPS) is 28.7. The molecule has 0 aliphatic carbocycles. The fraction of sp³-hybridized carbons (Fsp3) is 0.500. The fourth-order valence-electron chi connectivity index (χ4n) is 4.72. The largest absolute Gasteiger partial charge is 0.493 e. The summed E-state index contributed by atoms with van der Waals surface area (Å²) in [5.74, 6) is 1.92. The van der Waals surface area contributed by atoms with Gasteiger partial charge in [0.25, 0.3) is 0 Å².